The molecule has 0 bridgehead atoms. The van der Waals surface area contributed by atoms with E-state index in [-0.39, 0.29) is 5.91 Å². The standard InChI is InChI=1S/C21H26N4O4/c1-15(22-20(27)28-2)19(26)24-11-9-21(10-12-24)18-16(8-13-29-21)14-25(23-18)17-6-4-3-5-7-17/h3-7,14-15H,8-13H2,1-2H3,(H,22,27). The van der Waals surface area contributed by atoms with E-state index in [1.165, 1.54) is 12.7 Å². The van der Waals surface area contributed by atoms with E-state index < -0.39 is 17.7 Å². The molecule has 1 unspecified atom stereocenters. The Kier molecular flexibility index (Phi) is 5.27. The summed E-state index contributed by atoms with van der Waals surface area (Å²) in [6, 6.07) is 9.41. The Morgan fingerprint density at radius 3 is 2.66 bits per heavy atom. The van der Waals surface area contributed by atoms with Crippen LogP contribution >= 0.6 is 0 Å². The van der Waals surface area contributed by atoms with Crippen molar-refractivity contribution in [2.75, 3.05) is 26.8 Å². The zero-order chi connectivity index (χ0) is 20.4. The predicted octanol–water partition coefficient (Wildman–Crippen LogP) is 2.01. The van der Waals surface area contributed by atoms with Gasteiger partial charge in [-0.1, -0.05) is 18.2 Å². The SMILES string of the molecule is COC(=O)NC(C)C(=O)N1CCC2(CC1)OCCc1cn(-c3ccccc3)nc12. The number of aromatic nitrogens is 2. The van der Waals surface area contributed by atoms with E-state index in [4.69, 9.17) is 9.84 Å². The summed E-state index contributed by atoms with van der Waals surface area (Å²) in [4.78, 5) is 25.8. The molecule has 2 amide bonds. The number of likely N-dealkylation sites (tertiary alicyclic amines) is 1. The Morgan fingerprint density at radius 1 is 1.24 bits per heavy atom. The first-order valence-corrected chi connectivity index (χ1v) is 9.94. The van der Waals surface area contributed by atoms with E-state index >= 15 is 0 Å². The van der Waals surface area contributed by atoms with Crippen LogP contribution in [0.3, 0.4) is 0 Å². The Hall–Kier alpha value is -2.87. The monoisotopic (exact) mass is 398 g/mol. The molecular weight excluding hydrogens is 372 g/mol. The molecule has 1 atom stereocenters. The van der Waals surface area contributed by atoms with Crippen LogP contribution in [0.4, 0.5) is 4.79 Å². The fourth-order valence-electron chi connectivity index (χ4n) is 4.15. The summed E-state index contributed by atoms with van der Waals surface area (Å²) in [6.45, 7) is 3.44. The van der Waals surface area contributed by atoms with Crippen molar-refractivity contribution in [3.63, 3.8) is 0 Å². The molecule has 2 aliphatic rings. The van der Waals surface area contributed by atoms with Crippen LogP contribution in [0.5, 0.6) is 0 Å². The highest BCUT2D eigenvalue weighted by molar-refractivity contribution is 5.85. The van der Waals surface area contributed by atoms with Crippen molar-refractivity contribution in [1.29, 1.82) is 0 Å². The lowest BCUT2D eigenvalue weighted by atomic mass is 9.83. The molecule has 1 fully saturated rings. The Bertz CT molecular complexity index is 887. The van der Waals surface area contributed by atoms with Crippen LogP contribution in [0.15, 0.2) is 36.5 Å². The number of amides is 2. The van der Waals surface area contributed by atoms with Crippen molar-refractivity contribution in [3.8, 4) is 5.69 Å². The van der Waals surface area contributed by atoms with Crippen molar-refractivity contribution in [3.05, 3.63) is 47.8 Å². The zero-order valence-electron chi connectivity index (χ0n) is 16.8. The quantitative estimate of drug-likeness (QED) is 0.855. The summed E-state index contributed by atoms with van der Waals surface area (Å²) in [7, 11) is 1.28. The number of nitrogens with zero attached hydrogens (tertiary/aromatic N) is 3. The van der Waals surface area contributed by atoms with Gasteiger partial charge in [0.2, 0.25) is 5.91 Å². The highest BCUT2D eigenvalue weighted by Crippen LogP contribution is 2.41. The van der Waals surface area contributed by atoms with Crippen molar-refractivity contribution >= 4 is 12.0 Å². The zero-order valence-corrected chi connectivity index (χ0v) is 16.8. The number of rotatable bonds is 3. The number of fused-ring (bicyclic) bond motifs is 2. The van der Waals surface area contributed by atoms with Gasteiger partial charge in [0, 0.05) is 19.3 Å². The number of para-hydroxylation sites is 1. The average molecular weight is 398 g/mol. The molecule has 154 valence electrons. The Balaban J connectivity index is 1.49. The number of alkyl carbamates (subject to hydrolysis) is 1. The van der Waals surface area contributed by atoms with Gasteiger partial charge in [-0.15, -0.1) is 0 Å². The van der Waals surface area contributed by atoms with Gasteiger partial charge in [-0.25, -0.2) is 9.48 Å². The summed E-state index contributed by atoms with van der Waals surface area (Å²) < 4.78 is 12.7. The maximum atomic E-state index is 12.7. The second-order valence-electron chi connectivity index (χ2n) is 7.56. The van der Waals surface area contributed by atoms with Crippen molar-refractivity contribution in [2.24, 2.45) is 0 Å². The molecule has 8 nitrogen and oxygen atoms in total. The van der Waals surface area contributed by atoms with Gasteiger partial charge in [-0.3, -0.25) is 4.79 Å². The lowest BCUT2D eigenvalue weighted by Gasteiger charge is -2.43. The van der Waals surface area contributed by atoms with Crippen LogP contribution < -0.4 is 5.32 Å². The topological polar surface area (TPSA) is 85.7 Å². The molecule has 0 radical (unpaired) electrons. The van der Waals surface area contributed by atoms with Crippen molar-refractivity contribution < 1.29 is 19.1 Å². The van der Waals surface area contributed by atoms with E-state index in [9.17, 15) is 9.59 Å². The normalized spacial score (nSPS) is 18.8. The molecule has 1 spiro atoms. The minimum Gasteiger partial charge on any atom is -0.453 e. The highest BCUT2D eigenvalue weighted by atomic mass is 16.5. The van der Waals surface area contributed by atoms with Gasteiger partial charge < -0.3 is 19.7 Å². The first-order chi connectivity index (χ1) is 14.0. The molecule has 2 aromatic rings. The summed E-state index contributed by atoms with van der Waals surface area (Å²) in [5.74, 6) is -0.115. The second kappa shape index (κ2) is 7.87. The number of carbonyl (C=O) groups is 2. The summed E-state index contributed by atoms with van der Waals surface area (Å²) in [6.07, 6.45) is 3.69. The number of piperidine rings is 1. The predicted molar refractivity (Wildman–Crippen MR) is 106 cm³/mol. The molecule has 0 saturated carbocycles. The Labute approximate surface area is 169 Å². The molecule has 1 N–H and O–H groups in total. The van der Waals surface area contributed by atoms with Crippen LogP contribution in [0, 0.1) is 0 Å². The number of benzene rings is 1. The van der Waals surface area contributed by atoms with E-state index in [1.807, 2.05) is 35.0 Å². The van der Waals surface area contributed by atoms with Gasteiger partial charge in [0.1, 0.15) is 11.6 Å². The number of ether oxygens (including phenoxy) is 2. The first-order valence-electron chi connectivity index (χ1n) is 9.94. The third-order valence-electron chi connectivity index (χ3n) is 5.77. The van der Waals surface area contributed by atoms with Gasteiger partial charge in [0.05, 0.1) is 25.1 Å². The number of nitrogens with one attached hydrogen (secondary N) is 1. The number of hydrogen-bond acceptors (Lipinski definition) is 5. The highest BCUT2D eigenvalue weighted by Gasteiger charge is 2.44. The smallest absolute Gasteiger partial charge is 0.407 e. The van der Waals surface area contributed by atoms with Crippen LogP contribution in [-0.2, 0) is 26.3 Å². The average Bonchev–Trinajstić information content (AvgIpc) is 3.20. The van der Waals surface area contributed by atoms with E-state index in [2.05, 4.69) is 16.3 Å². The number of hydrogen-bond donors (Lipinski definition) is 1. The molecule has 2 aliphatic heterocycles. The van der Waals surface area contributed by atoms with Gasteiger partial charge in [0.15, 0.2) is 0 Å². The summed E-state index contributed by atoms with van der Waals surface area (Å²) >= 11 is 0. The Morgan fingerprint density at radius 2 is 1.97 bits per heavy atom. The van der Waals surface area contributed by atoms with Gasteiger partial charge in [0.25, 0.3) is 0 Å². The van der Waals surface area contributed by atoms with Gasteiger partial charge in [-0.05, 0) is 43.9 Å². The van der Waals surface area contributed by atoms with Crippen LogP contribution in [0.25, 0.3) is 5.69 Å². The molecule has 1 aromatic heterocycles. The largest absolute Gasteiger partial charge is 0.453 e. The fourth-order valence-corrected chi connectivity index (χ4v) is 4.15. The molecule has 0 aliphatic carbocycles. The van der Waals surface area contributed by atoms with Crippen LogP contribution in [0.1, 0.15) is 31.0 Å². The molecule has 3 heterocycles. The summed E-state index contributed by atoms with van der Waals surface area (Å²) in [5.41, 5.74) is 2.76. The third-order valence-corrected chi connectivity index (χ3v) is 5.77. The molecule has 8 heteroatoms. The molecular formula is C21H26N4O4. The van der Waals surface area contributed by atoms with E-state index in [0.717, 1.165) is 17.8 Å². The fraction of sp³-hybridized carbons (Fsp3) is 0.476. The molecule has 29 heavy (non-hydrogen) atoms. The summed E-state index contributed by atoms with van der Waals surface area (Å²) in [5, 5.41) is 7.40. The molecule has 1 saturated heterocycles. The van der Waals surface area contributed by atoms with Gasteiger partial charge in [-0.2, -0.15) is 5.10 Å². The van der Waals surface area contributed by atoms with E-state index in [1.54, 1.807) is 11.8 Å². The number of methoxy groups -OCH3 is 1. The molecule has 1 aromatic carbocycles. The second-order valence-corrected chi connectivity index (χ2v) is 7.56. The maximum absolute atomic E-state index is 12.7. The lowest BCUT2D eigenvalue weighted by molar-refractivity contribution is -0.142. The first kappa shape index (κ1) is 19.4. The third kappa shape index (κ3) is 3.72. The van der Waals surface area contributed by atoms with Crippen molar-refractivity contribution in [2.45, 2.75) is 37.8 Å². The number of carbonyl (C=O) groups excluding carboxylic acids is 2. The minimum atomic E-state index is -0.628. The van der Waals surface area contributed by atoms with Gasteiger partial charge >= 0.3 is 6.09 Å². The van der Waals surface area contributed by atoms with Crippen LogP contribution in [-0.4, -0.2) is 59.5 Å². The van der Waals surface area contributed by atoms with Crippen molar-refractivity contribution in [1.82, 2.24) is 20.0 Å². The minimum absolute atomic E-state index is 0.115. The maximum Gasteiger partial charge on any atom is 0.407 e. The van der Waals surface area contributed by atoms with Crippen LogP contribution in [0.2, 0.25) is 0 Å². The van der Waals surface area contributed by atoms with E-state index in [0.29, 0.717) is 32.5 Å². The lowest BCUT2D eigenvalue weighted by Crippen LogP contribution is -2.53. The molecule has 4 rings (SSSR count).